The van der Waals surface area contributed by atoms with Crippen molar-refractivity contribution < 1.29 is 36.6 Å². The molecule has 3 fully saturated rings. The molecule has 7 nitrogen and oxygen atoms in total. The number of nitrogens with one attached hydrogen (secondary N) is 1. The van der Waals surface area contributed by atoms with Crippen molar-refractivity contribution in [2.45, 2.75) is 51.8 Å². The summed E-state index contributed by atoms with van der Waals surface area (Å²) in [7, 11) is 0. The fourth-order valence-corrected chi connectivity index (χ4v) is 5.13. The number of oxazole rings is 1. The predicted molar refractivity (Wildman–Crippen MR) is 118 cm³/mol. The molecule has 0 radical (unpaired) electrons. The molecule has 2 heterocycles. The van der Waals surface area contributed by atoms with Crippen molar-refractivity contribution in [1.29, 1.82) is 0 Å². The number of anilines is 2. The number of hydrogen-bond acceptors (Lipinski definition) is 6. The number of aromatic nitrogens is 1. The molecule has 35 heavy (non-hydrogen) atoms. The average Bonchev–Trinajstić information content (AvgIpc) is 3.14. The number of nitrogens with zero attached hydrogens (tertiary/aromatic N) is 2. The molecule has 5 rings (SSSR count). The maximum absolute atomic E-state index is 14.8. The Morgan fingerprint density at radius 3 is 2.57 bits per heavy atom. The molecule has 0 spiro atoms. The molecule has 2 aromatic rings. The van der Waals surface area contributed by atoms with E-state index in [2.05, 4.69) is 10.3 Å². The van der Waals surface area contributed by atoms with Gasteiger partial charge in [0.2, 0.25) is 0 Å². The molecule has 2 saturated carbocycles. The van der Waals surface area contributed by atoms with Crippen LogP contribution in [0.2, 0.25) is 0 Å². The summed E-state index contributed by atoms with van der Waals surface area (Å²) in [6, 6.07) is 2.47. The maximum Gasteiger partial charge on any atom is 0.396 e. The fourth-order valence-electron chi connectivity index (χ4n) is 5.13. The van der Waals surface area contributed by atoms with Gasteiger partial charge in [0.1, 0.15) is 12.2 Å². The Balaban J connectivity index is 1.32. The lowest BCUT2D eigenvalue weighted by Crippen LogP contribution is -2.56. The van der Waals surface area contributed by atoms with Gasteiger partial charge < -0.3 is 24.5 Å². The van der Waals surface area contributed by atoms with E-state index in [0.29, 0.717) is 30.5 Å². The van der Waals surface area contributed by atoms with Gasteiger partial charge in [-0.3, -0.25) is 4.79 Å². The Labute approximate surface area is 199 Å². The number of alkyl halides is 3. The van der Waals surface area contributed by atoms with Gasteiger partial charge in [-0.05, 0) is 49.7 Å². The zero-order valence-corrected chi connectivity index (χ0v) is 19.4. The molecule has 2 atom stereocenters. The average molecular weight is 497 g/mol. The highest BCUT2D eigenvalue weighted by molar-refractivity contribution is 6.04. The highest BCUT2D eigenvalue weighted by Crippen LogP contribution is 2.52. The van der Waals surface area contributed by atoms with Crippen LogP contribution in [-0.2, 0) is 6.42 Å². The van der Waals surface area contributed by atoms with Crippen molar-refractivity contribution in [3.63, 3.8) is 0 Å². The van der Waals surface area contributed by atoms with Gasteiger partial charge in [-0.2, -0.15) is 18.2 Å². The molecule has 2 aliphatic carbocycles. The zero-order chi connectivity index (χ0) is 25.1. The molecule has 1 saturated heterocycles. The van der Waals surface area contributed by atoms with Crippen molar-refractivity contribution in [3.05, 3.63) is 35.0 Å². The van der Waals surface area contributed by atoms with E-state index >= 15 is 0 Å². The maximum atomic E-state index is 14.8. The molecule has 2 N–H and O–H groups in total. The third-order valence-electron chi connectivity index (χ3n) is 7.03. The molecule has 1 aliphatic heterocycles. The summed E-state index contributed by atoms with van der Waals surface area (Å²) in [4.78, 5) is 18.4. The summed E-state index contributed by atoms with van der Waals surface area (Å²) in [5.41, 5.74) is -0.385. The normalized spacial score (nSPS) is 24.7. The summed E-state index contributed by atoms with van der Waals surface area (Å²) in [6.45, 7) is 4.01. The molecular weight excluding hydrogens is 470 g/mol. The summed E-state index contributed by atoms with van der Waals surface area (Å²) in [5, 5.41) is 11.8. The topological polar surface area (TPSA) is 87.8 Å². The van der Waals surface area contributed by atoms with Crippen LogP contribution < -0.4 is 15.0 Å². The smallest absolute Gasteiger partial charge is 0.396 e. The van der Waals surface area contributed by atoms with Crippen molar-refractivity contribution in [1.82, 2.24) is 4.98 Å². The summed E-state index contributed by atoms with van der Waals surface area (Å²) in [6.07, 6.45) is -3.09. The van der Waals surface area contributed by atoms with Crippen LogP contribution in [0, 0.1) is 30.0 Å². The number of carbonyl (C=O) groups is 1. The Bertz CT molecular complexity index is 1110. The number of benzene rings is 1. The standard InChI is InChI=1S/C24H27F4N3O4/c1-12-3-15(7-17(25)20(12)34-16-5-13-4-14(13)6-16)29-21(33)19-18(8-24(26,27)28)35-22(30-19)31-9-23(2,10-31)11-32/h3,7,13-14,16,32H,4-6,8-11H2,1-2H3,(H,29,33). The highest BCUT2D eigenvalue weighted by atomic mass is 19.4. The second-order valence-electron chi connectivity index (χ2n) is 10.4. The van der Waals surface area contributed by atoms with E-state index in [-0.39, 0.29) is 30.2 Å². The van der Waals surface area contributed by atoms with Crippen LogP contribution in [0.4, 0.5) is 29.3 Å². The molecular formula is C24H27F4N3O4. The summed E-state index contributed by atoms with van der Waals surface area (Å²) >= 11 is 0. The van der Waals surface area contributed by atoms with Crippen LogP contribution in [0.5, 0.6) is 5.75 Å². The molecule has 3 aliphatic rings. The van der Waals surface area contributed by atoms with Crippen LogP contribution in [0.3, 0.4) is 0 Å². The van der Waals surface area contributed by atoms with Crippen LogP contribution in [0.1, 0.15) is 48.0 Å². The first-order chi connectivity index (χ1) is 16.4. The van der Waals surface area contributed by atoms with Gasteiger partial charge in [-0.25, -0.2) is 4.39 Å². The van der Waals surface area contributed by atoms with Crippen molar-refractivity contribution >= 4 is 17.6 Å². The number of hydrogen-bond donors (Lipinski definition) is 2. The van der Waals surface area contributed by atoms with E-state index < -0.39 is 41.2 Å². The molecule has 2 unspecified atom stereocenters. The largest absolute Gasteiger partial charge is 0.487 e. The van der Waals surface area contributed by atoms with E-state index in [1.165, 1.54) is 12.5 Å². The van der Waals surface area contributed by atoms with Crippen molar-refractivity contribution in [2.75, 3.05) is 29.9 Å². The Hall–Kier alpha value is -2.82. The van der Waals surface area contributed by atoms with Crippen LogP contribution in [0.25, 0.3) is 0 Å². The second-order valence-corrected chi connectivity index (χ2v) is 10.4. The lowest BCUT2D eigenvalue weighted by Gasteiger charge is -2.45. The van der Waals surface area contributed by atoms with E-state index in [1.54, 1.807) is 11.8 Å². The molecule has 1 amide bonds. The van der Waals surface area contributed by atoms with Crippen molar-refractivity contribution in [2.24, 2.45) is 17.3 Å². The van der Waals surface area contributed by atoms with E-state index in [0.717, 1.165) is 18.9 Å². The van der Waals surface area contributed by atoms with Gasteiger partial charge in [0.15, 0.2) is 17.3 Å². The number of aliphatic hydroxyl groups is 1. The molecule has 0 bridgehead atoms. The quantitative estimate of drug-likeness (QED) is 0.549. The Morgan fingerprint density at radius 2 is 1.97 bits per heavy atom. The minimum atomic E-state index is -4.62. The number of halogens is 4. The molecule has 1 aromatic carbocycles. The van der Waals surface area contributed by atoms with E-state index in [1.807, 2.05) is 6.92 Å². The number of ether oxygens (including phenoxy) is 1. The number of aryl methyl sites for hydroxylation is 1. The van der Waals surface area contributed by atoms with Crippen LogP contribution >= 0.6 is 0 Å². The summed E-state index contributed by atoms with van der Waals surface area (Å²) in [5.74, 6) is -0.739. The predicted octanol–water partition coefficient (Wildman–Crippen LogP) is 4.48. The third kappa shape index (κ3) is 4.96. The van der Waals surface area contributed by atoms with Gasteiger partial charge in [0.25, 0.3) is 11.9 Å². The fraction of sp³-hybridized carbons (Fsp3) is 0.583. The first-order valence-corrected chi connectivity index (χ1v) is 11.6. The lowest BCUT2D eigenvalue weighted by molar-refractivity contribution is -0.130. The lowest BCUT2D eigenvalue weighted by atomic mass is 9.83. The molecule has 11 heteroatoms. The monoisotopic (exact) mass is 497 g/mol. The minimum absolute atomic E-state index is 0.0277. The number of amides is 1. The van der Waals surface area contributed by atoms with Gasteiger partial charge in [0, 0.05) is 30.3 Å². The van der Waals surface area contributed by atoms with Gasteiger partial charge in [-0.1, -0.05) is 6.92 Å². The SMILES string of the molecule is Cc1cc(NC(=O)c2nc(N3CC(C)(CO)C3)oc2CC(F)(F)F)cc(F)c1OC1CC2CC2C1. The third-order valence-corrected chi connectivity index (χ3v) is 7.03. The molecule has 190 valence electrons. The Morgan fingerprint density at radius 1 is 1.29 bits per heavy atom. The number of rotatable bonds is 7. The number of fused-ring (bicyclic) bond motifs is 1. The Kier molecular flexibility index (Phi) is 5.73. The zero-order valence-electron chi connectivity index (χ0n) is 19.4. The highest BCUT2D eigenvalue weighted by Gasteiger charge is 2.47. The van der Waals surface area contributed by atoms with E-state index in [4.69, 9.17) is 9.15 Å². The first kappa shape index (κ1) is 23.9. The second kappa shape index (κ2) is 8.39. The van der Waals surface area contributed by atoms with Gasteiger partial charge >= 0.3 is 6.18 Å². The van der Waals surface area contributed by atoms with E-state index in [9.17, 15) is 27.5 Å². The number of carbonyl (C=O) groups excluding carboxylic acids is 1. The number of aliphatic hydroxyl groups excluding tert-OH is 1. The van der Waals surface area contributed by atoms with Gasteiger partial charge in [-0.15, -0.1) is 0 Å². The van der Waals surface area contributed by atoms with Crippen LogP contribution in [0.15, 0.2) is 16.5 Å². The molecule has 1 aromatic heterocycles. The van der Waals surface area contributed by atoms with Crippen LogP contribution in [-0.4, -0.2) is 48.0 Å². The van der Waals surface area contributed by atoms with Crippen molar-refractivity contribution in [3.8, 4) is 5.75 Å². The summed E-state index contributed by atoms with van der Waals surface area (Å²) < 4.78 is 65.3. The van der Waals surface area contributed by atoms with Gasteiger partial charge in [0.05, 0.1) is 12.7 Å². The minimum Gasteiger partial charge on any atom is -0.487 e. The first-order valence-electron chi connectivity index (χ1n) is 11.6.